The second-order valence-corrected chi connectivity index (χ2v) is 9.09. The molecule has 1 aliphatic carbocycles. The molecule has 1 saturated carbocycles. The number of aromatic nitrogens is 3. The molecule has 3 atom stereocenters. The Kier molecular flexibility index (Phi) is 7.18. The lowest BCUT2D eigenvalue weighted by atomic mass is 9.86. The number of carbonyl (C=O) groups excluding carboxylic acids is 1. The molecule has 1 aromatic heterocycles. The monoisotopic (exact) mass is 418 g/mol. The lowest BCUT2D eigenvalue weighted by Gasteiger charge is -2.30. The number of amides is 1. The van der Waals surface area contributed by atoms with Crippen molar-refractivity contribution in [1.82, 2.24) is 20.1 Å². The van der Waals surface area contributed by atoms with Crippen molar-refractivity contribution in [2.24, 2.45) is 5.92 Å². The predicted molar refractivity (Wildman–Crippen MR) is 116 cm³/mol. The van der Waals surface area contributed by atoms with E-state index in [9.17, 15) is 4.79 Å². The first-order chi connectivity index (χ1) is 13.5. The van der Waals surface area contributed by atoms with Gasteiger partial charge in [-0.05, 0) is 49.9 Å². The van der Waals surface area contributed by atoms with Gasteiger partial charge in [-0.25, -0.2) is 0 Å². The number of hydrogen-bond acceptors (Lipinski definition) is 4. The van der Waals surface area contributed by atoms with E-state index in [4.69, 9.17) is 11.6 Å². The largest absolute Gasteiger partial charge is 0.352 e. The number of carbonyl (C=O) groups is 1. The highest BCUT2D eigenvalue weighted by Gasteiger charge is 2.26. The van der Waals surface area contributed by atoms with E-state index in [0.717, 1.165) is 17.8 Å². The molecule has 0 saturated heterocycles. The number of halogens is 1. The van der Waals surface area contributed by atoms with Crippen LogP contribution in [-0.2, 0) is 11.3 Å². The number of nitrogens with zero attached hydrogens (tertiary/aromatic N) is 3. The van der Waals surface area contributed by atoms with Crippen molar-refractivity contribution in [1.29, 1.82) is 0 Å². The van der Waals surface area contributed by atoms with Gasteiger partial charge >= 0.3 is 0 Å². The van der Waals surface area contributed by atoms with Crippen molar-refractivity contribution in [2.75, 3.05) is 0 Å². The molecular weight excluding hydrogens is 392 g/mol. The molecule has 0 unspecified atom stereocenters. The van der Waals surface area contributed by atoms with Gasteiger partial charge in [-0.3, -0.25) is 9.36 Å². The molecule has 0 radical (unpaired) electrons. The number of rotatable bonds is 7. The van der Waals surface area contributed by atoms with Gasteiger partial charge in [0, 0.05) is 23.2 Å². The Hall–Kier alpha value is -1.79. The summed E-state index contributed by atoms with van der Waals surface area (Å²) in [5, 5.41) is 13.0. The molecule has 0 spiro atoms. The van der Waals surface area contributed by atoms with Crippen molar-refractivity contribution < 1.29 is 4.79 Å². The van der Waals surface area contributed by atoms with Gasteiger partial charge in [0.05, 0.1) is 5.25 Å². The minimum Gasteiger partial charge on any atom is -0.352 e. The molecule has 2 aromatic rings. The number of nitrogens with one attached hydrogen (secondary N) is 1. The van der Waals surface area contributed by atoms with Crippen LogP contribution in [0.4, 0.5) is 0 Å². The Balaban J connectivity index is 1.73. The van der Waals surface area contributed by atoms with Gasteiger partial charge in [-0.2, -0.15) is 0 Å². The molecule has 7 heteroatoms. The van der Waals surface area contributed by atoms with Crippen LogP contribution in [-0.4, -0.2) is 32.0 Å². The summed E-state index contributed by atoms with van der Waals surface area (Å²) in [4.78, 5) is 12.7. The third kappa shape index (κ3) is 4.97. The smallest absolute Gasteiger partial charge is 0.233 e. The van der Waals surface area contributed by atoms with Crippen LogP contribution in [0.25, 0.3) is 11.4 Å². The van der Waals surface area contributed by atoms with Crippen LogP contribution < -0.4 is 5.32 Å². The average molecular weight is 419 g/mol. The summed E-state index contributed by atoms with van der Waals surface area (Å²) < 4.78 is 1.98. The molecule has 0 bridgehead atoms. The summed E-state index contributed by atoms with van der Waals surface area (Å²) in [6.07, 6.45) is 6.51. The highest BCUT2D eigenvalue weighted by Crippen LogP contribution is 2.29. The molecule has 3 rings (SSSR count). The number of thioether (sulfide) groups is 1. The van der Waals surface area contributed by atoms with E-state index in [1.807, 2.05) is 35.8 Å². The topological polar surface area (TPSA) is 59.8 Å². The van der Waals surface area contributed by atoms with Crippen molar-refractivity contribution in [2.45, 2.75) is 62.5 Å². The summed E-state index contributed by atoms with van der Waals surface area (Å²) in [7, 11) is 0. The van der Waals surface area contributed by atoms with Crippen LogP contribution in [0.2, 0.25) is 5.02 Å². The summed E-state index contributed by atoms with van der Waals surface area (Å²) in [6.45, 7) is 8.55. The summed E-state index contributed by atoms with van der Waals surface area (Å²) in [6, 6.07) is 7.78. The van der Waals surface area contributed by atoms with Gasteiger partial charge in [-0.1, -0.05) is 49.2 Å². The molecule has 1 heterocycles. The van der Waals surface area contributed by atoms with Gasteiger partial charge in [0.15, 0.2) is 11.0 Å². The van der Waals surface area contributed by atoms with Crippen LogP contribution in [0.1, 0.15) is 39.5 Å². The SMILES string of the molecule is C=CCn1c(S[C@H](C)C(=O)N[C@H]2CCCC[C@@H]2C)nnc1-c1ccc(Cl)cc1. The number of allylic oxidation sites excluding steroid dienone is 1. The highest BCUT2D eigenvalue weighted by atomic mass is 35.5. The fraction of sp³-hybridized carbons (Fsp3) is 0.476. The second-order valence-electron chi connectivity index (χ2n) is 7.35. The summed E-state index contributed by atoms with van der Waals surface area (Å²) in [5.41, 5.74) is 0.929. The fourth-order valence-corrected chi connectivity index (χ4v) is 4.52. The van der Waals surface area contributed by atoms with E-state index < -0.39 is 0 Å². The van der Waals surface area contributed by atoms with E-state index in [2.05, 4.69) is 29.0 Å². The van der Waals surface area contributed by atoms with Crippen LogP contribution >= 0.6 is 23.4 Å². The standard InChI is InChI=1S/C21H27ClN4OS/c1-4-13-26-19(16-9-11-17(22)12-10-16)24-25-21(26)28-15(3)20(27)23-18-8-6-5-7-14(18)2/h4,9-12,14-15,18H,1,5-8,13H2,2-3H3,(H,23,27)/t14-,15+,18-/m0/s1. The van der Waals surface area contributed by atoms with Gasteiger partial charge in [0.25, 0.3) is 0 Å². The molecule has 28 heavy (non-hydrogen) atoms. The molecule has 5 nitrogen and oxygen atoms in total. The zero-order valence-electron chi connectivity index (χ0n) is 16.4. The van der Waals surface area contributed by atoms with Gasteiger partial charge in [0.2, 0.25) is 5.91 Å². The van der Waals surface area contributed by atoms with Crippen molar-refractivity contribution in [3.63, 3.8) is 0 Å². The van der Waals surface area contributed by atoms with E-state index in [1.165, 1.54) is 31.0 Å². The minimum absolute atomic E-state index is 0.0601. The Morgan fingerprint density at radius 1 is 1.36 bits per heavy atom. The molecule has 1 aliphatic rings. The molecule has 1 N–H and O–H groups in total. The van der Waals surface area contributed by atoms with Crippen LogP contribution in [0, 0.1) is 5.92 Å². The van der Waals surface area contributed by atoms with E-state index in [0.29, 0.717) is 22.6 Å². The first kappa shape index (κ1) is 20.9. The van der Waals surface area contributed by atoms with E-state index in [1.54, 1.807) is 6.08 Å². The lowest BCUT2D eigenvalue weighted by Crippen LogP contribution is -2.44. The maximum atomic E-state index is 12.7. The van der Waals surface area contributed by atoms with Crippen LogP contribution in [0.15, 0.2) is 42.1 Å². The normalized spacial score (nSPS) is 20.5. The van der Waals surface area contributed by atoms with E-state index >= 15 is 0 Å². The first-order valence-electron chi connectivity index (χ1n) is 9.76. The zero-order valence-corrected chi connectivity index (χ0v) is 18.0. The second kappa shape index (κ2) is 9.61. The van der Waals surface area contributed by atoms with Gasteiger partial charge in [-0.15, -0.1) is 16.8 Å². The molecule has 0 aliphatic heterocycles. The maximum absolute atomic E-state index is 12.7. The number of hydrogen-bond donors (Lipinski definition) is 1. The highest BCUT2D eigenvalue weighted by molar-refractivity contribution is 8.00. The lowest BCUT2D eigenvalue weighted by molar-refractivity contribution is -0.121. The molecular formula is C21H27ClN4OS. The quantitative estimate of drug-likeness (QED) is 0.510. The Morgan fingerprint density at radius 2 is 2.07 bits per heavy atom. The van der Waals surface area contributed by atoms with Gasteiger partial charge < -0.3 is 5.32 Å². The molecule has 1 aromatic carbocycles. The predicted octanol–water partition coefficient (Wildman–Crippen LogP) is 4.96. The van der Waals surface area contributed by atoms with Crippen molar-refractivity contribution in [3.05, 3.63) is 41.9 Å². The Morgan fingerprint density at radius 3 is 2.75 bits per heavy atom. The Bertz CT molecular complexity index is 820. The van der Waals surface area contributed by atoms with E-state index in [-0.39, 0.29) is 17.2 Å². The average Bonchev–Trinajstić information content (AvgIpc) is 3.07. The van der Waals surface area contributed by atoms with Crippen molar-refractivity contribution in [3.8, 4) is 11.4 Å². The maximum Gasteiger partial charge on any atom is 0.233 e. The van der Waals surface area contributed by atoms with Crippen molar-refractivity contribution >= 4 is 29.3 Å². The Labute approximate surface area is 176 Å². The summed E-state index contributed by atoms with van der Waals surface area (Å²) in [5.74, 6) is 1.34. The van der Waals surface area contributed by atoms with Crippen LogP contribution in [0.3, 0.4) is 0 Å². The summed E-state index contributed by atoms with van der Waals surface area (Å²) >= 11 is 7.42. The third-order valence-electron chi connectivity index (χ3n) is 5.22. The van der Waals surface area contributed by atoms with Crippen LogP contribution in [0.5, 0.6) is 0 Å². The molecule has 150 valence electrons. The molecule has 1 fully saturated rings. The number of benzene rings is 1. The van der Waals surface area contributed by atoms with Gasteiger partial charge in [0.1, 0.15) is 0 Å². The zero-order chi connectivity index (χ0) is 20.1. The minimum atomic E-state index is -0.250. The first-order valence-corrected chi connectivity index (χ1v) is 11.0. The third-order valence-corrected chi connectivity index (χ3v) is 6.55. The fourth-order valence-electron chi connectivity index (χ4n) is 3.52. The molecule has 1 amide bonds.